The van der Waals surface area contributed by atoms with Crippen LogP contribution in [0.15, 0.2) is 18.2 Å². The van der Waals surface area contributed by atoms with Gasteiger partial charge in [-0.1, -0.05) is 13.0 Å². The van der Waals surface area contributed by atoms with E-state index in [1.165, 1.54) is 5.56 Å². The number of aliphatic hydroxyl groups is 2. The van der Waals surface area contributed by atoms with Crippen molar-refractivity contribution in [3.63, 3.8) is 0 Å². The molecule has 5 heteroatoms. The second kappa shape index (κ2) is 5.43. The van der Waals surface area contributed by atoms with Gasteiger partial charge >= 0.3 is 0 Å². The van der Waals surface area contributed by atoms with Gasteiger partial charge in [0.15, 0.2) is 0 Å². The minimum Gasteiger partial charge on any atom is -0.508 e. The molecule has 4 N–H and O–H groups in total. The number of rotatable bonds is 2. The predicted octanol–water partition coefficient (Wildman–Crippen LogP) is 0.754. The molecule has 0 radical (unpaired) electrons. The number of hydrogen-bond donors (Lipinski definition) is 4. The van der Waals surface area contributed by atoms with Gasteiger partial charge in [0, 0.05) is 17.5 Å². The molecule has 0 aromatic heterocycles. The van der Waals surface area contributed by atoms with Crippen LogP contribution in [0.5, 0.6) is 5.75 Å². The third-order valence-electron chi connectivity index (χ3n) is 6.85. The monoisotopic (exact) mass is 332 g/mol. The van der Waals surface area contributed by atoms with Gasteiger partial charge in [-0.15, -0.1) is 0 Å². The van der Waals surface area contributed by atoms with Gasteiger partial charge in [0.05, 0.1) is 11.7 Å². The number of aromatic hydroxyl groups is 1. The van der Waals surface area contributed by atoms with Crippen LogP contribution in [0.1, 0.15) is 37.3 Å². The van der Waals surface area contributed by atoms with E-state index in [1.54, 1.807) is 6.07 Å². The first-order valence-corrected chi connectivity index (χ1v) is 9.08. The van der Waals surface area contributed by atoms with E-state index in [4.69, 9.17) is 0 Å². The van der Waals surface area contributed by atoms with E-state index in [0.29, 0.717) is 12.8 Å². The molecule has 0 spiro atoms. The van der Waals surface area contributed by atoms with Gasteiger partial charge < -0.3 is 25.5 Å². The highest BCUT2D eigenvalue weighted by Gasteiger charge is 2.65. The second-order valence-electron chi connectivity index (χ2n) is 7.94. The van der Waals surface area contributed by atoms with Gasteiger partial charge in [-0.25, -0.2) is 0 Å². The van der Waals surface area contributed by atoms with Crippen molar-refractivity contribution in [2.24, 2.45) is 0 Å². The minimum atomic E-state index is -0.882. The van der Waals surface area contributed by atoms with Gasteiger partial charge in [-0.2, -0.15) is 0 Å². The van der Waals surface area contributed by atoms with Crippen LogP contribution in [0.25, 0.3) is 0 Å². The van der Waals surface area contributed by atoms with Crippen LogP contribution in [0, 0.1) is 0 Å². The fraction of sp³-hybridized carbons (Fsp3) is 0.684. The average molecular weight is 332 g/mol. The minimum absolute atomic E-state index is 0.0527. The van der Waals surface area contributed by atoms with E-state index in [0.717, 1.165) is 31.5 Å². The molecule has 5 nitrogen and oxygen atoms in total. The first kappa shape index (κ1) is 16.3. The lowest BCUT2D eigenvalue weighted by Gasteiger charge is -2.65. The van der Waals surface area contributed by atoms with E-state index in [2.05, 4.69) is 17.3 Å². The molecule has 1 aromatic rings. The zero-order valence-corrected chi connectivity index (χ0v) is 14.5. The Morgan fingerprint density at radius 2 is 2.12 bits per heavy atom. The van der Waals surface area contributed by atoms with Crippen molar-refractivity contribution in [1.82, 2.24) is 10.2 Å². The number of nitrogens with zero attached hydrogens (tertiary/aromatic N) is 1. The molecule has 1 saturated carbocycles. The molecule has 2 fully saturated rings. The Balaban J connectivity index is 1.87. The Kier molecular flexibility index (Phi) is 3.69. The number of likely N-dealkylation sites (N-methyl/N-ethyl adjacent to an activating group) is 2. The number of nitrogens with one attached hydrogen (secondary N) is 1. The summed E-state index contributed by atoms with van der Waals surface area (Å²) in [5, 5.41) is 36.1. The van der Waals surface area contributed by atoms with Crippen LogP contribution in [-0.2, 0) is 11.8 Å². The summed E-state index contributed by atoms with van der Waals surface area (Å²) in [6.45, 7) is 3.71. The molecule has 1 aliphatic heterocycles. The number of phenolic OH excluding ortho intramolecular Hbond substituents is 1. The quantitative estimate of drug-likeness (QED) is 0.643. The summed E-state index contributed by atoms with van der Waals surface area (Å²) in [5.74, 6) is 0.242. The summed E-state index contributed by atoms with van der Waals surface area (Å²) in [6, 6.07) is 5.51. The van der Waals surface area contributed by atoms with E-state index in [9.17, 15) is 15.3 Å². The molecule has 5 atom stereocenters. The van der Waals surface area contributed by atoms with Crippen molar-refractivity contribution >= 4 is 0 Å². The molecule has 4 rings (SSSR count). The Morgan fingerprint density at radius 3 is 2.88 bits per heavy atom. The topological polar surface area (TPSA) is 76.0 Å². The summed E-state index contributed by atoms with van der Waals surface area (Å²) < 4.78 is 0. The Bertz CT molecular complexity index is 651. The van der Waals surface area contributed by atoms with Crippen molar-refractivity contribution in [2.45, 2.75) is 61.8 Å². The van der Waals surface area contributed by atoms with Crippen molar-refractivity contribution in [2.75, 3.05) is 20.1 Å². The fourth-order valence-electron chi connectivity index (χ4n) is 5.67. The first-order chi connectivity index (χ1) is 11.4. The van der Waals surface area contributed by atoms with Gasteiger partial charge in [0.25, 0.3) is 0 Å². The fourth-order valence-corrected chi connectivity index (χ4v) is 5.67. The molecular weight excluding hydrogens is 304 g/mol. The molecule has 1 heterocycles. The molecule has 1 saturated heterocycles. The number of aliphatic hydroxyl groups excluding tert-OH is 1. The lowest BCUT2D eigenvalue weighted by Crippen LogP contribution is -2.75. The summed E-state index contributed by atoms with van der Waals surface area (Å²) in [5.41, 5.74) is 0.890. The first-order valence-electron chi connectivity index (χ1n) is 9.08. The molecule has 24 heavy (non-hydrogen) atoms. The van der Waals surface area contributed by atoms with Gasteiger partial charge in [-0.05, 0) is 69.1 Å². The third-order valence-corrected chi connectivity index (χ3v) is 6.85. The summed E-state index contributed by atoms with van der Waals surface area (Å²) in [7, 11) is 2.09. The van der Waals surface area contributed by atoms with Crippen LogP contribution < -0.4 is 5.32 Å². The molecular formula is C19H28N2O3. The normalized spacial score (nSPS) is 41.6. The average Bonchev–Trinajstić information content (AvgIpc) is 2.53. The molecule has 3 aliphatic rings. The van der Waals surface area contributed by atoms with E-state index >= 15 is 0 Å². The number of hydrogen-bond acceptors (Lipinski definition) is 5. The van der Waals surface area contributed by atoms with Crippen molar-refractivity contribution in [1.29, 1.82) is 0 Å². The third kappa shape index (κ3) is 2.02. The predicted molar refractivity (Wildman–Crippen MR) is 92.2 cm³/mol. The highest BCUT2D eigenvalue weighted by atomic mass is 16.3. The maximum atomic E-state index is 11.9. The second-order valence-corrected chi connectivity index (χ2v) is 7.94. The van der Waals surface area contributed by atoms with Crippen LogP contribution in [-0.4, -0.2) is 64.1 Å². The largest absolute Gasteiger partial charge is 0.508 e. The molecule has 132 valence electrons. The van der Waals surface area contributed by atoms with E-state index in [1.807, 2.05) is 19.1 Å². The molecule has 2 bridgehead atoms. The van der Waals surface area contributed by atoms with Crippen LogP contribution in [0.4, 0.5) is 0 Å². The lowest BCUT2D eigenvalue weighted by molar-refractivity contribution is -0.185. The van der Waals surface area contributed by atoms with Gasteiger partial charge in [0.2, 0.25) is 0 Å². The van der Waals surface area contributed by atoms with Gasteiger partial charge in [0.1, 0.15) is 5.75 Å². The maximum absolute atomic E-state index is 11.9. The van der Waals surface area contributed by atoms with Crippen molar-refractivity contribution in [3.05, 3.63) is 29.3 Å². The number of phenols is 1. The number of benzene rings is 1. The SMILES string of the molecule is CCN[C@H]1C[C@@]2(O)[C@H]3Cc4ccc(O)cc4[C@@]2(CCN3C)C[C@H]1O. The summed E-state index contributed by atoms with van der Waals surface area (Å²) in [6.07, 6.45) is 2.21. The Morgan fingerprint density at radius 1 is 1.33 bits per heavy atom. The molecule has 0 amide bonds. The number of likely N-dealkylation sites (tertiary alicyclic amines) is 1. The van der Waals surface area contributed by atoms with Crippen molar-refractivity contribution < 1.29 is 15.3 Å². The van der Waals surface area contributed by atoms with Crippen LogP contribution in [0.2, 0.25) is 0 Å². The van der Waals surface area contributed by atoms with E-state index in [-0.39, 0.29) is 17.8 Å². The highest BCUT2D eigenvalue weighted by molar-refractivity contribution is 5.48. The van der Waals surface area contributed by atoms with Crippen LogP contribution >= 0.6 is 0 Å². The number of fused-ring (bicyclic) bond motifs is 1. The zero-order valence-electron chi connectivity index (χ0n) is 14.5. The lowest BCUT2D eigenvalue weighted by atomic mass is 9.48. The Hall–Kier alpha value is -1.14. The Labute approximate surface area is 143 Å². The highest BCUT2D eigenvalue weighted by Crippen LogP contribution is 2.58. The smallest absolute Gasteiger partial charge is 0.115 e. The van der Waals surface area contributed by atoms with Crippen molar-refractivity contribution in [3.8, 4) is 5.75 Å². The maximum Gasteiger partial charge on any atom is 0.115 e. The summed E-state index contributed by atoms with van der Waals surface area (Å²) >= 11 is 0. The molecule has 2 aliphatic carbocycles. The zero-order chi connectivity index (χ0) is 17.1. The summed E-state index contributed by atoms with van der Waals surface area (Å²) in [4.78, 5) is 2.27. The molecule has 0 unspecified atom stereocenters. The van der Waals surface area contributed by atoms with E-state index < -0.39 is 17.1 Å². The van der Waals surface area contributed by atoms with Gasteiger partial charge in [-0.3, -0.25) is 0 Å². The van der Waals surface area contributed by atoms with Crippen LogP contribution in [0.3, 0.4) is 0 Å². The molecule has 1 aromatic carbocycles. The number of piperidine rings is 1. The standard InChI is InChI=1S/C19H28N2O3/c1-3-20-15-10-19(24)17-8-12-4-5-13(22)9-14(12)18(19,11-16(15)23)6-7-21(17)2/h4-5,9,15-17,20,22-24H,3,6-8,10-11H2,1-2H3/t15-,16+,17+,18+,19+/m0/s1.